The van der Waals surface area contributed by atoms with E-state index in [1.165, 1.54) is 22.7 Å². The van der Waals surface area contributed by atoms with Gasteiger partial charge in [0, 0.05) is 10.5 Å². The molecule has 104 valence electrons. The van der Waals surface area contributed by atoms with Gasteiger partial charge in [0.25, 0.3) is 0 Å². The standard InChI is InChI=1S/C14H13NO4S/c1-8-13(15-11(17)6-12(15)20-8)14(18)19-7-9-4-2-3-5-10(9)16/h2-5,12,16H,6-7H2,1H3/t12-/m0/s1. The van der Waals surface area contributed by atoms with Gasteiger partial charge in [-0.05, 0) is 13.0 Å². The zero-order chi connectivity index (χ0) is 14.3. The highest BCUT2D eigenvalue weighted by Gasteiger charge is 2.47. The molecule has 0 aromatic heterocycles. The molecule has 3 rings (SSSR count). The second-order valence-corrected chi connectivity index (χ2v) is 6.04. The molecule has 1 N–H and O–H groups in total. The predicted molar refractivity (Wildman–Crippen MR) is 73.4 cm³/mol. The van der Waals surface area contributed by atoms with Crippen LogP contribution in [0.3, 0.4) is 0 Å². The summed E-state index contributed by atoms with van der Waals surface area (Å²) in [5.74, 6) is -0.479. The number of esters is 1. The molecule has 2 aliphatic heterocycles. The molecule has 0 bridgehead atoms. The van der Waals surface area contributed by atoms with Gasteiger partial charge in [-0.3, -0.25) is 9.69 Å². The number of hydrogen-bond donors (Lipinski definition) is 1. The lowest BCUT2D eigenvalue weighted by Gasteiger charge is -2.34. The van der Waals surface area contributed by atoms with Crippen LogP contribution in [-0.2, 0) is 20.9 Å². The number of phenolic OH excluding ortho intramolecular Hbond substituents is 1. The average molecular weight is 291 g/mol. The first-order chi connectivity index (χ1) is 9.58. The highest BCUT2D eigenvalue weighted by Crippen LogP contribution is 2.46. The Bertz CT molecular complexity index is 625. The van der Waals surface area contributed by atoms with Crippen LogP contribution >= 0.6 is 11.8 Å². The van der Waals surface area contributed by atoms with Crippen molar-refractivity contribution in [3.63, 3.8) is 0 Å². The second-order valence-electron chi connectivity index (χ2n) is 4.65. The van der Waals surface area contributed by atoms with Gasteiger partial charge in [0.2, 0.25) is 5.91 Å². The summed E-state index contributed by atoms with van der Waals surface area (Å²) in [6, 6.07) is 6.68. The molecule has 1 fully saturated rings. The first-order valence-electron chi connectivity index (χ1n) is 6.21. The lowest BCUT2D eigenvalue weighted by Crippen LogP contribution is -2.48. The normalized spacial score (nSPS) is 20.8. The molecule has 1 amide bonds. The molecule has 2 aliphatic rings. The van der Waals surface area contributed by atoms with Crippen molar-refractivity contribution in [3.8, 4) is 5.75 Å². The third-order valence-electron chi connectivity index (χ3n) is 3.34. The Labute approximate surface area is 120 Å². The highest BCUT2D eigenvalue weighted by atomic mass is 32.2. The number of aromatic hydroxyl groups is 1. The number of carbonyl (C=O) groups is 2. The van der Waals surface area contributed by atoms with E-state index in [-0.39, 0.29) is 23.6 Å². The Hall–Kier alpha value is -1.95. The highest BCUT2D eigenvalue weighted by molar-refractivity contribution is 8.04. The van der Waals surface area contributed by atoms with Crippen molar-refractivity contribution in [2.75, 3.05) is 0 Å². The molecule has 2 heterocycles. The molecule has 6 heteroatoms. The first kappa shape index (κ1) is 13.1. The van der Waals surface area contributed by atoms with Crippen molar-refractivity contribution in [1.82, 2.24) is 4.90 Å². The van der Waals surface area contributed by atoms with Crippen molar-refractivity contribution in [2.45, 2.75) is 25.3 Å². The minimum Gasteiger partial charge on any atom is -0.508 e. The molecule has 20 heavy (non-hydrogen) atoms. The summed E-state index contributed by atoms with van der Waals surface area (Å²) in [5, 5.41) is 9.67. The van der Waals surface area contributed by atoms with E-state index in [9.17, 15) is 14.7 Å². The van der Waals surface area contributed by atoms with E-state index >= 15 is 0 Å². The molecule has 0 unspecified atom stereocenters. The fraction of sp³-hybridized carbons (Fsp3) is 0.286. The van der Waals surface area contributed by atoms with E-state index < -0.39 is 5.97 Å². The van der Waals surface area contributed by atoms with E-state index in [1.807, 2.05) is 6.92 Å². The smallest absolute Gasteiger partial charge is 0.356 e. The first-order valence-corrected chi connectivity index (χ1v) is 7.09. The maximum atomic E-state index is 12.1. The Morgan fingerprint density at radius 1 is 1.50 bits per heavy atom. The zero-order valence-electron chi connectivity index (χ0n) is 10.8. The number of β-lactam (4-membered cyclic amide) rings is 1. The maximum absolute atomic E-state index is 12.1. The number of amides is 1. The summed E-state index contributed by atoms with van der Waals surface area (Å²) in [4.78, 5) is 25.9. The van der Waals surface area contributed by atoms with Crippen molar-refractivity contribution in [1.29, 1.82) is 0 Å². The number of phenols is 1. The average Bonchev–Trinajstić information content (AvgIpc) is 2.69. The summed E-state index contributed by atoms with van der Waals surface area (Å²) in [6.45, 7) is 1.80. The monoisotopic (exact) mass is 291 g/mol. The summed E-state index contributed by atoms with van der Waals surface area (Å²) >= 11 is 1.51. The van der Waals surface area contributed by atoms with Crippen LogP contribution in [0.4, 0.5) is 0 Å². The van der Waals surface area contributed by atoms with Gasteiger partial charge in [-0.25, -0.2) is 4.79 Å². The van der Waals surface area contributed by atoms with Gasteiger partial charge in [-0.15, -0.1) is 11.8 Å². The predicted octanol–water partition coefficient (Wildman–Crippen LogP) is 1.97. The lowest BCUT2D eigenvalue weighted by molar-refractivity contribution is -0.149. The van der Waals surface area contributed by atoms with Gasteiger partial charge in [-0.1, -0.05) is 18.2 Å². The van der Waals surface area contributed by atoms with E-state index in [2.05, 4.69) is 0 Å². The number of rotatable bonds is 3. The third kappa shape index (κ3) is 2.06. The van der Waals surface area contributed by atoms with E-state index in [1.54, 1.807) is 18.2 Å². The zero-order valence-corrected chi connectivity index (χ0v) is 11.6. The van der Waals surface area contributed by atoms with Crippen LogP contribution in [0.5, 0.6) is 5.75 Å². The molecule has 1 saturated heterocycles. The number of para-hydroxylation sites is 1. The minimum absolute atomic E-state index is 0.0142. The fourth-order valence-corrected chi connectivity index (χ4v) is 3.52. The third-order valence-corrected chi connectivity index (χ3v) is 4.53. The van der Waals surface area contributed by atoms with Crippen molar-refractivity contribution in [3.05, 3.63) is 40.4 Å². The second kappa shape index (κ2) is 4.86. The molecule has 0 spiro atoms. The van der Waals surface area contributed by atoms with Gasteiger partial charge >= 0.3 is 5.97 Å². The van der Waals surface area contributed by atoms with Gasteiger partial charge in [0.1, 0.15) is 18.1 Å². The van der Waals surface area contributed by atoms with Crippen molar-refractivity contribution >= 4 is 23.6 Å². The molecule has 0 saturated carbocycles. The SMILES string of the molecule is CC1=C(C(=O)OCc2ccccc2O)N2C(=O)C[C@@H]2S1. The summed E-state index contributed by atoms with van der Waals surface area (Å²) < 4.78 is 5.20. The van der Waals surface area contributed by atoms with Crippen molar-refractivity contribution < 1.29 is 19.4 Å². The summed E-state index contributed by atoms with van der Waals surface area (Å²) in [5.41, 5.74) is 0.878. The Morgan fingerprint density at radius 2 is 2.25 bits per heavy atom. The van der Waals surface area contributed by atoms with Gasteiger partial charge in [0.15, 0.2) is 0 Å². The number of hydrogen-bond acceptors (Lipinski definition) is 5. The van der Waals surface area contributed by atoms with E-state index in [0.29, 0.717) is 17.7 Å². The maximum Gasteiger partial charge on any atom is 0.356 e. The Morgan fingerprint density at radius 3 is 2.95 bits per heavy atom. The molecule has 1 aromatic rings. The van der Waals surface area contributed by atoms with Gasteiger partial charge < -0.3 is 9.84 Å². The molecule has 5 nitrogen and oxygen atoms in total. The minimum atomic E-state index is -0.520. The quantitative estimate of drug-likeness (QED) is 0.681. The topological polar surface area (TPSA) is 66.8 Å². The summed E-state index contributed by atoms with van der Waals surface area (Å²) in [6.07, 6.45) is 0.470. The molecular weight excluding hydrogens is 278 g/mol. The Kier molecular flexibility index (Phi) is 3.17. The van der Waals surface area contributed by atoms with E-state index in [4.69, 9.17) is 4.74 Å². The van der Waals surface area contributed by atoms with E-state index in [0.717, 1.165) is 4.91 Å². The largest absolute Gasteiger partial charge is 0.508 e. The van der Waals surface area contributed by atoms with Crippen LogP contribution in [0.1, 0.15) is 18.9 Å². The van der Waals surface area contributed by atoms with Crippen LogP contribution < -0.4 is 0 Å². The number of ether oxygens (including phenoxy) is 1. The molecule has 1 aromatic carbocycles. The van der Waals surface area contributed by atoms with Gasteiger partial charge in [-0.2, -0.15) is 0 Å². The van der Waals surface area contributed by atoms with Crippen molar-refractivity contribution in [2.24, 2.45) is 0 Å². The van der Waals surface area contributed by atoms with Gasteiger partial charge in [0.05, 0.1) is 11.8 Å². The molecular formula is C14H13NO4S. The van der Waals surface area contributed by atoms with Crippen LogP contribution in [0, 0.1) is 0 Å². The Balaban J connectivity index is 1.70. The number of benzene rings is 1. The number of thioether (sulfide) groups is 1. The fourth-order valence-electron chi connectivity index (χ4n) is 2.27. The van der Waals surface area contributed by atoms with Crippen LogP contribution in [0.25, 0.3) is 0 Å². The molecule has 1 atom stereocenters. The number of fused-ring (bicyclic) bond motifs is 1. The number of allylic oxidation sites excluding steroid dienone is 1. The van der Waals surface area contributed by atoms with Crippen LogP contribution in [0.2, 0.25) is 0 Å². The van der Waals surface area contributed by atoms with Crippen LogP contribution in [0.15, 0.2) is 34.9 Å². The molecule has 0 aliphatic carbocycles. The lowest BCUT2D eigenvalue weighted by atomic mass is 10.1. The van der Waals surface area contributed by atoms with Crippen LogP contribution in [-0.4, -0.2) is 27.3 Å². The molecule has 0 radical (unpaired) electrons. The number of carbonyl (C=O) groups excluding carboxylic acids is 2. The number of nitrogens with zero attached hydrogens (tertiary/aromatic N) is 1. The summed E-state index contributed by atoms with van der Waals surface area (Å²) in [7, 11) is 0.